The SMILES string of the molecule is O=C(CSCc1nc(-c2cccc(F)c2)no1)N1CCN(c2ccccc2)CC1. The van der Waals surface area contributed by atoms with E-state index in [0.29, 0.717) is 28.8 Å². The molecule has 1 fully saturated rings. The smallest absolute Gasteiger partial charge is 0.236 e. The van der Waals surface area contributed by atoms with Crippen molar-refractivity contribution < 1.29 is 13.7 Å². The van der Waals surface area contributed by atoms with E-state index in [1.54, 1.807) is 12.1 Å². The highest BCUT2D eigenvalue weighted by Gasteiger charge is 2.21. The normalized spacial score (nSPS) is 14.2. The number of aromatic nitrogens is 2. The second kappa shape index (κ2) is 9.09. The van der Waals surface area contributed by atoms with Gasteiger partial charge >= 0.3 is 0 Å². The summed E-state index contributed by atoms with van der Waals surface area (Å²) in [5.74, 6) is 1.36. The quantitative estimate of drug-likeness (QED) is 0.618. The Morgan fingerprint density at radius 3 is 2.62 bits per heavy atom. The van der Waals surface area contributed by atoms with Crippen LogP contribution >= 0.6 is 11.8 Å². The van der Waals surface area contributed by atoms with Crippen molar-refractivity contribution in [1.29, 1.82) is 0 Å². The lowest BCUT2D eigenvalue weighted by atomic mass is 10.2. The van der Waals surface area contributed by atoms with Gasteiger partial charge in [0.2, 0.25) is 17.6 Å². The van der Waals surface area contributed by atoms with Crippen LogP contribution in [-0.4, -0.2) is 52.9 Å². The Balaban J connectivity index is 1.23. The molecule has 29 heavy (non-hydrogen) atoms. The van der Waals surface area contributed by atoms with Gasteiger partial charge in [0, 0.05) is 37.4 Å². The van der Waals surface area contributed by atoms with Crippen LogP contribution in [0.25, 0.3) is 11.4 Å². The number of amides is 1. The minimum absolute atomic E-state index is 0.118. The Bertz CT molecular complexity index is 958. The summed E-state index contributed by atoms with van der Waals surface area (Å²) in [6.07, 6.45) is 0. The first-order valence-corrected chi connectivity index (χ1v) is 10.6. The summed E-state index contributed by atoms with van der Waals surface area (Å²) >= 11 is 1.44. The molecule has 1 aromatic heterocycles. The maximum Gasteiger partial charge on any atom is 0.236 e. The number of hydrogen-bond acceptors (Lipinski definition) is 6. The summed E-state index contributed by atoms with van der Waals surface area (Å²) in [5, 5.41) is 3.89. The number of nitrogens with zero attached hydrogens (tertiary/aromatic N) is 4. The molecule has 1 saturated heterocycles. The van der Waals surface area contributed by atoms with Gasteiger partial charge in [-0.05, 0) is 24.3 Å². The molecule has 0 aliphatic carbocycles. The van der Waals surface area contributed by atoms with Gasteiger partial charge in [-0.3, -0.25) is 4.79 Å². The minimum Gasteiger partial charge on any atom is -0.368 e. The van der Waals surface area contributed by atoms with Crippen molar-refractivity contribution in [2.75, 3.05) is 36.8 Å². The van der Waals surface area contributed by atoms with E-state index < -0.39 is 0 Å². The molecule has 1 aliphatic heterocycles. The maximum absolute atomic E-state index is 13.3. The van der Waals surface area contributed by atoms with E-state index in [9.17, 15) is 9.18 Å². The van der Waals surface area contributed by atoms with Crippen LogP contribution in [0.3, 0.4) is 0 Å². The average molecular weight is 412 g/mol. The van der Waals surface area contributed by atoms with Gasteiger partial charge in [0.1, 0.15) is 5.82 Å². The lowest BCUT2D eigenvalue weighted by molar-refractivity contribution is -0.128. The number of rotatable bonds is 6. The van der Waals surface area contributed by atoms with E-state index in [1.807, 2.05) is 23.1 Å². The van der Waals surface area contributed by atoms with Crippen LogP contribution in [0.4, 0.5) is 10.1 Å². The van der Waals surface area contributed by atoms with Gasteiger partial charge in [0.25, 0.3) is 0 Å². The summed E-state index contributed by atoms with van der Waals surface area (Å²) in [5.41, 5.74) is 1.76. The predicted molar refractivity (Wildman–Crippen MR) is 111 cm³/mol. The lowest BCUT2D eigenvalue weighted by Gasteiger charge is -2.36. The van der Waals surface area contributed by atoms with Crippen LogP contribution in [0.15, 0.2) is 59.1 Å². The number of para-hydroxylation sites is 1. The molecule has 3 aromatic rings. The highest BCUT2D eigenvalue weighted by Crippen LogP contribution is 2.20. The van der Waals surface area contributed by atoms with Crippen molar-refractivity contribution >= 4 is 23.4 Å². The fraction of sp³-hybridized carbons (Fsp3) is 0.286. The second-order valence-electron chi connectivity index (χ2n) is 6.72. The van der Waals surface area contributed by atoms with Crippen LogP contribution in [0.5, 0.6) is 0 Å². The maximum atomic E-state index is 13.3. The van der Waals surface area contributed by atoms with E-state index in [0.717, 1.165) is 26.2 Å². The fourth-order valence-electron chi connectivity index (χ4n) is 3.23. The van der Waals surface area contributed by atoms with Gasteiger partial charge in [-0.25, -0.2) is 4.39 Å². The molecule has 0 atom stereocenters. The van der Waals surface area contributed by atoms with Crippen LogP contribution in [0.1, 0.15) is 5.89 Å². The molecular formula is C21H21FN4O2S. The van der Waals surface area contributed by atoms with E-state index in [4.69, 9.17) is 4.52 Å². The first-order chi connectivity index (χ1) is 14.2. The van der Waals surface area contributed by atoms with Gasteiger partial charge < -0.3 is 14.3 Å². The summed E-state index contributed by atoms with van der Waals surface area (Å²) in [6, 6.07) is 16.3. The summed E-state index contributed by atoms with van der Waals surface area (Å²) in [4.78, 5) is 20.9. The average Bonchev–Trinajstić information content (AvgIpc) is 3.23. The Labute approximate surface area is 172 Å². The van der Waals surface area contributed by atoms with E-state index in [-0.39, 0.29) is 11.7 Å². The molecule has 8 heteroatoms. The second-order valence-corrected chi connectivity index (χ2v) is 7.70. The zero-order valence-corrected chi connectivity index (χ0v) is 16.6. The number of halogens is 1. The molecule has 0 radical (unpaired) electrons. The van der Waals surface area contributed by atoms with Crippen molar-refractivity contribution in [2.24, 2.45) is 0 Å². The first-order valence-electron chi connectivity index (χ1n) is 9.43. The third kappa shape index (κ3) is 4.95. The number of thioether (sulfide) groups is 1. The lowest BCUT2D eigenvalue weighted by Crippen LogP contribution is -2.49. The summed E-state index contributed by atoms with van der Waals surface area (Å²) in [6.45, 7) is 3.11. The Hall–Kier alpha value is -2.87. The van der Waals surface area contributed by atoms with Gasteiger partial charge in [0.15, 0.2) is 0 Å². The van der Waals surface area contributed by atoms with Crippen molar-refractivity contribution in [1.82, 2.24) is 15.0 Å². The van der Waals surface area contributed by atoms with Crippen LogP contribution in [0, 0.1) is 5.82 Å². The molecule has 2 heterocycles. The third-order valence-corrected chi connectivity index (χ3v) is 5.66. The van der Waals surface area contributed by atoms with Gasteiger partial charge in [-0.1, -0.05) is 35.5 Å². The summed E-state index contributed by atoms with van der Waals surface area (Å²) in [7, 11) is 0. The molecule has 0 N–H and O–H groups in total. The zero-order valence-electron chi connectivity index (χ0n) is 15.8. The van der Waals surface area contributed by atoms with Crippen LogP contribution in [0.2, 0.25) is 0 Å². The molecule has 0 spiro atoms. The number of carbonyl (C=O) groups is 1. The number of anilines is 1. The Morgan fingerprint density at radius 2 is 1.86 bits per heavy atom. The zero-order chi connectivity index (χ0) is 20.1. The van der Waals surface area contributed by atoms with E-state index in [2.05, 4.69) is 27.2 Å². The third-order valence-electron chi connectivity index (χ3n) is 4.76. The molecule has 1 amide bonds. The van der Waals surface area contributed by atoms with Crippen LogP contribution < -0.4 is 4.90 Å². The van der Waals surface area contributed by atoms with E-state index in [1.165, 1.54) is 29.6 Å². The standard InChI is InChI=1S/C21H21FN4O2S/c22-17-6-4-5-16(13-17)21-23-19(28-24-21)14-29-15-20(27)26-11-9-25(10-12-26)18-7-2-1-3-8-18/h1-8,13H,9-12,14-15H2. The molecule has 0 saturated carbocycles. The van der Waals surface area contributed by atoms with Gasteiger partial charge in [0.05, 0.1) is 11.5 Å². The minimum atomic E-state index is -0.346. The molecule has 4 rings (SSSR count). The van der Waals surface area contributed by atoms with Gasteiger partial charge in [-0.15, -0.1) is 11.8 Å². The van der Waals surface area contributed by atoms with Crippen molar-refractivity contribution in [2.45, 2.75) is 5.75 Å². The number of benzene rings is 2. The number of hydrogen-bond donors (Lipinski definition) is 0. The van der Waals surface area contributed by atoms with Crippen molar-refractivity contribution in [3.05, 3.63) is 66.3 Å². The summed E-state index contributed by atoms with van der Waals surface area (Å²) < 4.78 is 18.5. The van der Waals surface area contributed by atoms with Crippen molar-refractivity contribution in [3.63, 3.8) is 0 Å². The Morgan fingerprint density at radius 1 is 1.07 bits per heavy atom. The largest absolute Gasteiger partial charge is 0.368 e. The highest BCUT2D eigenvalue weighted by atomic mass is 32.2. The fourth-order valence-corrected chi connectivity index (χ4v) is 3.98. The molecular weight excluding hydrogens is 391 g/mol. The molecule has 6 nitrogen and oxygen atoms in total. The molecule has 150 valence electrons. The molecule has 2 aromatic carbocycles. The molecule has 0 bridgehead atoms. The van der Waals surface area contributed by atoms with E-state index >= 15 is 0 Å². The Kier molecular flexibility index (Phi) is 6.09. The number of carbonyl (C=O) groups excluding carboxylic acids is 1. The first kappa shape index (κ1) is 19.4. The monoisotopic (exact) mass is 412 g/mol. The predicted octanol–water partition coefficient (Wildman–Crippen LogP) is 3.46. The molecule has 0 unspecified atom stereocenters. The number of piperazine rings is 1. The topological polar surface area (TPSA) is 62.5 Å². The van der Waals surface area contributed by atoms with Crippen molar-refractivity contribution in [3.8, 4) is 11.4 Å². The molecule has 1 aliphatic rings. The highest BCUT2D eigenvalue weighted by molar-refractivity contribution is 7.99. The van der Waals surface area contributed by atoms with Crippen LogP contribution in [-0.2, 0) is 10.5 Å². The van der Waals surface area contributed by atoms with Gasteiger partial charge in [-0.2, -0.15) is 4.98 Å².